The summed E-state index contributed by atoms with van der Waals surface area (Å²) in [6, 6.07) is 3.65. The Morgan fingerprint density at radius 3 is 3.00 bits per heavy atom. The number of carbonyl (C=O) groups is 1. The molecule has 1 aromatic carbocycles. The molecule has 1 aliphatic heterocycles. The standard InChI is InChI=1S/C12H13BrO4/c1-3-16-12(14)7-6-17-11-9(15-2)5-4-8(13)10(7)11/h4-5,7H,3,6H2,1-2H3. The maximum atomic E-state index is 11.8. The Kier molecular flexibility index (Phi) is 3.57. The predicted octanol–water partition coefficient (Wildman–Crippen LogP) is 2.50. The van der Waals surface area contributed by atoms with E-state index in [0.29, 0.717) is 24.7 Å². The van der Waals surface area contributed by atoms with E-state index in [1.54, 1.807) is 20.1 Å². The molecule has 0 aromatic heterocycles. The van der Waals surface area contributed by atoms with Gasteiger partial charge >= 0.3 is 5.97 Å². The minimum absolute atomic E-state index is 0.264. The number of ether oxygens (including phenoxy) is 3. The van der Waals surface area contributed by atoms with Crippen LogP contribution in [0.1, 0.15) is 18.4 Å². The van der Waals surface area contributed by atoms with Crippen LogP contribution in [-0.4, -0.2) is 26.3 Å². The molecule has 2 rings (SSSR count). The van der Waals surface area contributed by atoms with Crippen molar-refractivity contribution in [1.29, 1.82) is 0 Å². The molecule has 1 aromatic rings. The molecule has 92 valence electrons. The molecular weight excluding hydrogens is 288 g/mol. The molecule has 0 saturated carbocycles. The summed E-state index contributed by atoms with van der Waals surface area (Å²) in [5.41, 5.74) is 0.808. The van der Waals surface area contributed by atoms with E-state index in [9.17, 15) is 4.79 Å². The van der Waals surface area contributed by atoms with Crippen molar-refractivity contribution in [3.8, 4) is 11.5 Å². The number of methoxy groups -OCH3 is 1. The highest BCUT2D eigenvalue weighted by Gasteiger charge is 2.35. The Bertz CT molecular complexity index is 444. The van der Waals surface area contributed by atoms with Crippen LogP contribution in [0, 0.1) is 0 Å². The first-order valence-corrected chi connectivity index (χ1v) is 6.14. The molecule has 0 N–H and O–H groups in total. The van der Waals surface area contributed by atoms with Crippen molar-refractivity contribution in [3.05, 3.63) is 22.2 Å². The normalized spacial score (nSPS) is 17.2. The number of halogens is 1. The van der Waals surface area contributed by atoms with Crippen molar-refractivity contribution < 1.29 is 19.0 Å². The van der Waals surface area contributed by atoms with Crippen molar-refractivity contribution in [2.45, 2.75) is 12.8 Å². The number of esters is 1. The number of hydrogen-bond donors (Lipinski definition) is 0. The molecule has 1 aliphatic rings. The number of fused-ring (bicyclic) bond motifs is 1. The fraction of sp³-hybridized carbons (Fsp3) is 0.417. The molecule has 0 fully saturated rings. The first-order valence-electron chi connectivity index (χ1n) is 5.34. The average Bonchev–Trinajstić information content (AvgIpc) is 2.75. The van der Waals surface area contributed by atoms with Crippen LogP contribution in [0.3, 0.4) is 0 Å². The third-order valence-electron chi connectivity index (χ3n) is 2.64. The van der Waals surface area contributed by atoms with E-state index in [0.717, 1.165) is 10.0 Å². The van der Waals surface area contributed by atoms with Gasteiger partial charge in [-0.2, -0.15) is 0 Å². The summed E-state index contributed by atoms with van der Waals surface area (Å²) < 4.78 is 16.6. The van der Waals surface area contributed by atoms with Gasteiger partial charge in [0.25, 0.3) is 0 Å². The van der Waals surface area contributed by atoms with Crippen molar-refractivity contribution in [1.82, 2.24) is 0 Å². The first kappa shape index (κ1) is 12.2. The van der Waals surface area contributed by atoms with Crippen LogP contribution >= 0.6 is 15.9 Å². The lowest BCUT2D eigenvalue weighted by atomic mass is 10.0. The molecule has 17 heavy (non-hydrogen) atoms. The summed E-state index contributed by atoms with van der Waals surface area (Å²) >= 11 is 3.43. The second kappa shape index (κ2) is 4.96. The summed E-state index contributed by atoms with van der Waals surface area (Å²) in [6.07, 6.45) is 0. The van der Waals surface area contributed by atoms with Gasteiger partial charge in [0.15, 0.2) is 11.5 Å². The molecule has 0 aliphatic carbocycles. The maximum absolute atomic E-state index is 11.8. The second-order valence-corrected chi connectivity index (χ2v) is 4.46. The van der Waals surface area contributed by atoms with Crippen LogP contribution in [0.4, 0.5) is 0 Å². The topological polar surface area (TPSA) is 44.8 Å². The zero-order chi connectivity index (χ0) is 12.4. The van der Waals surface area contributed by atoms with Gasteiger partial charge in [0, 0.05) is 10.0 Å². The molecule has 1 unspecified atom stereocenters. The monoisotopic (exact) mass is 300 g/mol. The zero-order valence-electron chi connectivity index (χ0n) is 9.66. The summed E-state index contributed by atoms with van der Waals surface area (Å²) in [5.74, 6) is 0.615. The van der Waals surface area contributed by atoms with E-state index < -0.39 is 0 Å². The molecule has 0 radical (unpaired) electrons. The average molecular weight is 301 g/mol. The molecular formula is C12H13BrO4. The first-order chi connectivity index (χ1) is 8.19. The van der Waals surface area contributed by atoms with Gasteiger partial charge in [-0.3, -0.25) is 4.79 Å². The number of carbonyl (C=O) groups excluding carboxylic acids is 1. The number of hydrogen-bond acceptors (Lipinski definition) is 4. The lowest BCUT2D eigenvalue weighted by molar-refractivity contribution is -0.145. The highest BCUT2D eigenvalue weighted by Crippen LogP contribution is 2.45. The van der Waals surface area contributed by atoms with E-state index in [1.807, 2.05) is 6.07 Å². The van der Waals surface area contributed by atoms with Crippen molar-refractivity contribution in [3.63, 3.8) is 0 Å². The third-order valence-corrected chi connectivity index (χ3v) is 3.33. The van der Waals surface area contributed by atoms with Gasteiger partial charge in [0.05, 0.1) is 13.7 Å². The fourth-order valence-electron chi connectivity index (χ4n) is 1.87. The van der Waals surface area contributed by atoms with Crippen LogP contribution in [-0.2, 0) is 9.53 Å². The molecule has 1 heterocycles. The zero-order valence-corrected chi connectivity index (χ0v) is 11.2. The highest BCUT2D eigenvalue weighted by molar-refractivity contribution is 9.10. The SMILES string of the molecule is CCOC(=O)C1COc2c(OC)ccc(Br)c21. The van der Waals surface area contributed by atoms with Crippen LogP contribution in [0.25, 0.3) is 0 Å². The minimum Gasteiger partial charge on any atom is -0.493 e. The van der Waals surface area contributed by atoms with Crippen LogP contribution in [0.5, 0.6) is 11.5 Å². The molecule has 0 spiro atoms. The van der Waals surface area contributed by atoms with Crippen molar-refractivity contribution in [2.24, 2.45) is 0 Å². The van der Waals surface area contributed by atoms with Crippen LogP contribution in [0.2, 0.25) is 0 Å². The van der Waals surface area contributed by atoms with E-state index in [4.69, 9.17) is 14.2 Å². The van der Waals surface area contributed by atoms with E-state index in [-0.39, 0.29) is 11.9 Å². The van der Waals surface area contributed by atoms with Crippen LogP contribution in [0.15, 0.2) is 16.6 Å². The lowest BCUT2D eigenvalue weighted by Gasteiger charge is -2.10. The minimum atomic E-state index is -0.380. The van der Waals surface area contributed by atoms with E-state index in [1.165, 1.54) is 0 Å². The third kappa shape index (κ3) is 2.11. The van der Waals surface area contributed by atoms with Gasteiger partial charge in [0.2, 0.25) is 0 Å². The van der Waals surface area contributed by atoms with Gasteiger partial charge in [0.1, 0.15) is 12.5 Å². The summed E-state index contributed by atoms with van der Waals surface area (Å²) in [5, 5.41) is 0. The summed E-state index contributed by atoms with van der Waals surface area (Å²) in [6.45, 7) is 2.45. The Morgan fingerprint density at radius 2 is 2.35 bits per heavy atom. The Morgan fingerprint density at radius 1 is 1.59 bits per heavy atom. The van der Waals surface area contributed by atoms with Gasteiger partial charge < -0.3 is 14.2 Å². The molecule has 4 nitrogen and oxygen atoms in total. The van der Waals surface area contributed by atoms with Crippen LogP contribution < -0.4 is 9.47 Å². The Hall–Kier alpha value is -1.23. The second-order valence-electron chi connectivity index (χ2n) is 3.61. The Labute approximate surface area is 108 Å². The van der Waals surface area contributed by atoms with E-state index in [2.05, 4.69) is 15.9 Å². The maximum Gasteiger partial charge on any atom is 0.317 e. The highest BCUT2D eigenvalue weighted by atomic mass is 79.9. The largest absolute Gasteiger partial charge is 0.493 e. The van der Waals surface area contributed by atoms with E-state index >= 15 is 0 Å². The quantitative estimate of drug-likeness (QED) is 0.805. The van der Waals surface area contributed by atoms with Gasteiger partial charge in [-0.25, -0.2) is 0 Å². The lowest BCUT2D eigenvalue weighted by Crippen LogP contribution is -2.17. The van der Waals surface area contributed by atoms with Gasteiger partial charge in [-0.15, -0.1) is 0 Å². The molecule has 0 bridgehead atoms. The number of benzene rings is 1. The Balaban J connectivity index is 2.40. The van der Waals surface area contributed by atoms with Gasteiger partial charge in [-0.1, -0.05) is 15.9 Å². The van der Waals surface area contributed by atoms with Crippen molar-refractivity contribution >= 4 is 21.9 Å². The molecule has 1 atom stereocenters. The predicted molar refractivity (Wildman–Crippen MR) is 65.6 cm³/mol. The number of rotatable bonds is 3. The molecule has 5 heteroatoms. The van der Waals surface area contributed by atoms with Gasteiger partial charge in [-0.05, 0) is 19.1 Å². The molecule has 0 amide bonds. The smallest absolute Gasteiger partial charge is 0.317 e. The van der Waals surface area contributed by atoms with Crippen molar-refractivity contribution in [2.75, 3.05) is 20.3 Å². The summed E-state index contributed by atoms with van der Waals surface area (Å²) in [7, 11) is 1.57. The summed E-state index contributed by atoms with van der Waals surface area (Å²) in [4.78, 5) is 11.8. The fourth-order valence-corrected chi connectivity index (χ4v) is 2.46. The molecule has 0 saturated heterocycles.